The van der Waals surface area contributed by atoms with Crippen molar-refractivity contribution in [1.82, 2.24) is 19.2 Å². The van der Waals surface area contributed by atoms with E-state index in [1.54, 1.807) is 16.7 Å². The highest BCUT2D eigenvalue weighted by atomic mass is 35.5. The molecule has 0 unspecified atom stereocenters. The molecular formula is C20H20Cl2N6OS. The van der Waals surface area contributed by atoms with Crippen LogP contribution in [-0.2, 0) is 4.79 Å². The zero-order valence-electron chi connectivity index (χ0n) is 16.6. The Kier molecular flexibility index (Phi) is 5.96. The summed E-state index contributed by atoms with van der Waals surface area (Å²) < 4.78 is 3.80. The number of hydrogen-bond acceptors (Lipinski definition) is 5. The van der Waals surface area contributed by atoms with Gasteiger partial charge in [-0.3, -0.25) is 9.20 Å². The molecule has 0 bridgehead atoms. The molecule has 0 spiro atoms. The molecule has 3 aromatic heterocycles. The Hall–Kier alpha value is -2.21. The summed E-state index contributed by atoms with van der Waals surface area (Å²) in [5.41, 5.74) is 2.97. The molecule has 1 saturated carbocycles. The second-order valence-electron chi connectivity index (χ2n) is 7.37. The molecule has 1 fully saturated rings. The predicted octanol–water partition coefficient (Wildman–Crippen LogP) is 5.17. The number of thioether (sulfide) groups is 1. The van der Waals surface area contributed by atoms with E-state index in [9.17, 15) is 10.1 Å². The molecule has 7 nitrogen and oxygen atoms in total. The fraction of sp³-hybridized carbons (Fsp3) is 0.400. The first-order valence-electron chi connectivity index (χ1n) is 9.64. The predicted molar refractivity (Wildman–Crippen MR) is 118 cm³/mol. The molecule has 1 aliphatic carbocycles. The average molecular weight is 463 g/mol. The van der Waals surface area contributed by atoms with Crippen molar-refractivity contribution >= 4 is 52.3 Å². The van der Waals surface area contributed by atoms with Crippen LogP contribution < -0.4 is 5.32 Å². The first kappa shape index (κ1) is 21.0. The third-order valence-electron chi connectivity index (χ3n) is 5.54. The van der Waals surface area contributed by atoms with Gasteiger partial charge >= 0.3 is 0 Å². The normalized spacial score (nSPS) is 14.4. The maximum absolute atomic E-state index is 12.8. The van der Waals surface area contributed by atoms with Gasteiger partial charge in [-0.25, -0.2) is 0 Å². The number of hydrogen-bond donors (Lipinski definition) is 1. The molecule has 4 rings (SSSR count). The molecule has 0 aromatic carbocycles. The summed E-state index contributed by atoms with van der Waals surface area (Å²) in [6, 6.07) is 4.18. The Morgan fingerprint density at radius 3 is 2.77 bits per heavy atom. The maximum Gasteiger partial charge on any atom is 0.235 e. The Balaban J connectivity index is 1.55. The van der Waals surface area contributed by atoms with Gasteiger partial charge in [0.05, 0.1) is 21.4 Å². The summed E-state index contributed by atoms with van der Waals surface area (Å²) in [6.45, 7) is 3.94. The molecule has 1 amide bonds. The number of rotatable bonds is 5. The standard InChI is InChI=1S/C20H20Cl2N6OS/c1-11-12(2)28(14-5-3-4-6-14)18(15(11)8-23)24-17(29)10-30-20-26-25-19-16(22)7-13(21)9-27(19)20/h7,9,14H,3-6,10H2,1-2H3,(H,24,29). The fourth-order valence-corrected chi connectivity index (χ4v) is 5.22. The molecule has 3 aromatic rings. The van der Waals surface area contributed by atoms with Crippen LogP contribution in [0.25, 0.3) is 5.65 Å². The quantitative estimate of drug-likeness (QED) is 0.528. The second-order valence-corrected chi connectivity index (χ2v) is 9.16. The number of fused-ring (bicyclic) bond motifs is 1. The zero-order valence-corrected chi connectivity index (χ0v) is 18.9. The molecule has 0 saturated heterocycles. The summed E-state index contributed by atoms with van der Waals surface area (Å²) in [5.74, 6) is 0.504. The van der Waals surface area contributed by atoms with Crippen molar-refractivity contribution in [3.63, 3.8) is 0 Å². The van der Waals surface area contributed by atoms with Gasteiger partial charge in [-0.05, 0) is 38.3 Å². The van der Waals surface area contributed by atoms with Crippen LogP contribution in [0.1, 0.15) is 48.5 Å². The van der Waals surface area contributed by atoms with Gasteiger partial charge in [0, 0.05) is 17.9 Å². The number of anilines is 1. The lowest BCUT2D eigenvalue weighted by Gasteiger charge is -2.19. The van der Waals surface area contributed by atoms with Crippen LogP contribution in [0.15, 0.2) is 17.4 Å². The topological polar surface area (TPSA) is 88.0 Å². The number of nitriles is 1. The first-order valence-corrected chi connectivity index (χ1v) is 11.4. The molecule has 1 aliphatic rings. The number of pyridine rings is 1. The van der Waals surface area contributed by atoms with Gasteiger partial charge in [-0.15, -0.1) is 10.2 Å². The summed E-state index contributed by atoms with van der Waals surface area (Å²) in [6.07, 6.45) is 6.11. The number of aromatic nitrogens is 4. The summed E-state index contributed by atoms with van der Waals surface area (Å²) in [4.78, 5) is 12.8. The molecule has 10 heteroatoms. The molecule has 156 valence electrons. The van der Waals surface area contributed by atoms with Crippen LogP contribution in [0, 0.1) is 25.2 Å². The summed E-state index contributed by atoms with van der Waals surface area (Å²) >= 11 is 13.4. The van der Waals surface area contributed by atoms with Crippen molar-refractivity contribution in [3.05, 3.63) is 39.1 Å². The van der Waals surface area contributed by atoms with E-state index in [-0.39, 0.29) is 11.7 Å². The van der Waals surface area contributed by atoms with E-state index in [4.69, 9.17) is 23.2 Å². The van der Waals surface area contributed by atoms with Gasteiger partial charge in [0.25, 0.3) is 0 Å². The summed E-state index contributed by atoms with van der Waals surface area (Å²) in [7, 11) is 0. The molecule has 0 aliphatic heterocycles. The van der Waals surface area contributed by atoms with E-state index in [1.165, 1.54) is 11.8 Å². The van der Waals surface area contributed by atoms with Crippen LogP contribution in [0.2, 0.25) is 10.0 Å². The Bertz CT molecular complexity index is 1170. The van der Waals surface area contributed by atoms with Gasteiger partial charge in [0.2, 0.25) is 5.91 Å². The van der Waals surface area contributed by atoms with Crippen molar-refractivity contribution in [2.75, 3.05) is 11.1 Å². The SMILES string of the molecule is Cc1c(C#N)c(NC(=O)CSc2nnc3c(Cl)cc(Cl)cn23)n(C2CCCC2)c1C. The van der Waals surface area contributed by atoms with E-state index in [0.717, 1.165) is 36.9 Å². The number of nitrogens with one attached hydrogen (secondary N) is 1. The lowest BCUT2D eigenvalue weighted by Crippen LogP contribution is -2.20. The molecule has 0 atom stereocenters. The van der Waals surface area contributed by atoms with E-state index >= 15 is 0 Å². The highest BCUT2D eigenvalue weighted by molar-refractivity contribution is 7.99. The van der Waals surface area contributed by atoms with E-state index < -0.39 is 0 Å². The minimum atomic E-state index is -0.210. The van der Waals surface area contributed by atoms with Crippen LogP contribution in [0.5, 0.6) is 0 Å². The van der Waals surface area contributed by atoms with Crippen LogP contribution >= 0.6 is 35.0 Å². The largest absolute Gasteiger partial charge is 0.327 e. The van der Waals surface area contributed by atoms with Gasteiger partial charge < -0.3 is 9.88 Å². The lowest BCUT2D eigenvalue weighted by molar-refractivity contribution is -0.113. The number of amides is 1. The van der Waals surface area contributed by atoms with Crippen molar-refractivity contribution in [3.8, 4) is 6.07 Å². The van der Waals surface area contributed by atoms with Crippen molar-refractivity contribution < 1.29 is 4.79 Å². The molecule has 0 radical (unpaired) electrons. The molecular weight excluding hydrogens is 443 g/mol. The number of halogens is 2. The van der Waals surface area contributed by atoms with E-state index in [1.807, 2.05) is 13.8 Å². The third kappa shape index (κ3) is 3.78. The highest BCUT2D eigenvalue weighted by Crippen LogP contribution is 2.37. The van der Waals surface area contributed by atoms with Crippen LogP contribution in [-0.4, -0.2) is 30.8 Å². The monoisotopic (exact) mass is 462 g/mol. The van der Waals surface area contributed by atoms with Gasteiger partial charge in [0.15, 0.2) is 10.8 Å². The lowest BCUT2D eigenvalue weighted by atomic mass is 10.2. The zero-order chi connectivity index (χ0) is 21.4. The highest BCUT2D eigenvalue weighted by Gasteiger charge is 2.26. The molecule has 30 heavy (non-hydrogen) atoms. The Labute approximate surface area is 188 Å². The third-order valence-corrected chi connectivity index (χ3v) is 6.97. The Morgan fingerprint density at radius 2 is 2.07 bits per heavy atom. The van der Waals surface area contributed by atoms with Crippen LogP contribution in [0.3, 0.4) is 0 Å². The van der Waals surface area contributed by atoms with E-state index in [2.05, 4.69) is 26.2 Å². The number of carbonyl (C=O) groups is 1. The number of carbonyl (C=O) groups excluding carboxylic acids is 1. The minimum Gasteiger partial charge on any atom is -0.327 e. The first-order chi connectivity index (χ1) is 14.4. The van der Waals surface area contributed by atoms with Gasteiger partial charge in [0.1, 0.15) is 11.9 Å². The summed E-state index contributed by atoms with van der Waals surface area (Å²) in [5, 5.41) is 22.2. The van der Waals surface area contributed by atoms with E-state index in [0.29, 0.717) is 38.3 Å². The van der Waals surface area contributed by atoms with Crippen molar-refractivity contribution in [1.29, 1.82) is 5.26 Å². The Morgan fingerprint density at radius 1 is 1.33 bits per heavy atom. The smallest absolute Gasteiger partial charge is 0.235 e. The fourth-order valence-electron chi connectivity index (χ4n) is 4.00. The maximum atomic E-state index is 12.8. The number of nitrogens with zero attached hydrogens (tertiary/aromatic N) is 5. The molecule has 3 heterocycles. The molecule has 1 N–H and O–H groups in total. The minimum absolute atomic E-state index is 0.115. The van der Waals surface area contributed by atoms with Gasteiger partial charge in [-0.1, -0.05) is 47.8 Å². The van der Waals surface area contributed by atoms with Crippen molar-refractivity contribution in [2.45, 2.75) is 50.7 Å². The van der Waals surface area contributed by atoms with Crippen LogP contribution in [0.4, 0.5) is 5.82 Å². The van der Waals surface area contributed by atoms with Gasteiger partial charge in [-0.2, -0.15) is 5.26 Å². The second kappa shape index (κ2) is 8.50. The average Bonchev–Trinajstić information content (AvgIpc) is 3.41. The van der Waals surface area contributed by atoms with Crippen molar-refractivity contribution in [2.24, 2.45) is 0 Å².